The number of methoxy groups -OCH3 is 1. The quantitative estimate of drug-likeness (QED) is 0.538. The second kappa shape index (κ2) is 8.52. The molecule has 0 aromatic heterocycles. The summed E-state index contributed by atoms with van der Waals surface area (Å²) < 4.78 is 4.97. The van der Waals surface area contributed by atoms with E-state index in [-0.39, 0.29) is 12.0 Å². The topological polar surface area (TPSA) is 29.5 Å². The normalized spacial score (nSPS) is 19.6. The number of hydrogen-bond donors (Lipinski definition) is 0. The van der Waals surface area contributed by atoms with Crippen LogP contribution in [0.2, 0.25) is 0 Å². The first-order valence-electron chi connectivity index (χ1n) is 7.50. The standard InChI is InChI=1S/C15H29NO2/c1-4-5-12-14(15(17)18-3)16(2)13-10-8-6-7-9-11-13/h13-14H,4-12H2,1-3H3. The fourth-order valence-electron chi connectivity index (χ4n) is 2.94. The summed E-state index contributed by atoms with van der Waals surface area (Å²) in [6, 6.07) is 0.520. The van der Waals surface area contributed by atoms with Gasteiger partial charge in [0.2, 0.25) is 0 Å². The Morgan fingerprint density at radius 3 is 2.39 bits per heavy atom. The van der Waals surface area contributed by atoms with Gasteiger partial charge in [-0.2, -0.15) is 0 Å². The summed E-state index contributed by atoms with van der Waals surface area (Å²) in [6.45, 7) is 2.17. The molecule has 0 amide bonds. The van der Waals surface area contributed by atoms with Crippen LogP contribution < -0.4 is 0 Å². The number of rotatable bonds is 6. The van der Waals surface area contributed by atoms with Crippen LogP contribution in [-0.4, -0.2) is 37.1 Å². The monoisotopic (exact) mass is 255 g/mol. The molecule has 1 rings (SSSR count). The number of nitrogens with zero attached hydrogens (tertiary/aromatic N) is 1. The van der Waals surface area contributed by atoms with Crippen LogP contribution in [-0.2, 0) is 9.53 Å². The van der Waals surface area contributed by atoms with E-state index in [1.54, 1.807) is 0 Å². The van der Waals surface area contributed by atoms with Crippen LogP contribution in [0.15, 0.2) is 0 Å². The van der Waals surface area contributed by atoms with Crippen molar-refractivity contribution < 1.29 is 9.53 Å². The molecular formula is C15H29NO2. The average molecular weight is 255 g/mol. The summed E-state index contributed by atoms with van der Waals surface area (Å²) in [5.41, 5.74) is 0. The number of carbonyl (C=O) groups excluding carboxylic acids is 1. The highest BCUT2D eigenvalue weighted by atomic mass is 16.5. The van der Waals surface area contributed by atoms with E-state index in [4.69, 9.17) is 4.74 Å². The van der Waals surface area contributed by atoms with Gasteiger partial charge in [-0.1, -0.05) is 45.4 Å². The summed E-state index contributed by atoms with van der Waals surface area (Å²) in [5.74, 6) is -0.0600. The molecule has 0 spiro atoms. The molecule has 0 saturated heterocycles. The number of esters is 1. The molecule has 3 nitrogen and oxygen atoms in total. The third-order valence-electron chi connectivity index (χ3n) is 4.20. The summed E-state index contributed by atoms with van der Waals surface area (Å²) >= 11 is 0. The third kappa shape index (κ3) is 4.60. The fraction of sp³-hybridized carbons (Fsp3) is 0.933. The molecule has 0 bridgehead atoms. The molecule has 1 aliphatic rings. The van der Waals surface area contributed by atoms with Gasteiger partial charge >= 0.3 is 5.97 Å². The van der Waals surface area contributed by atoms with E-state index in [0.717, 1.165) is 19.3 Å². The summed E-state index contributed by atoms with van der Waals surface area (Å²) in [4.78, 5) is 14.2. The minimum Gasteiger partial charge on any atom is -0.468 e. The Bertz CT molecular complexity index is 235. The maximum Gasteiger partial charge on any atom is 0.323 e. The minimum absolute atomic E-state index is 0.0435. The van der Waals surface area contributed by atoms with Crippen molar-refractivity contribution in [3.63, 3.8) is 0 Å². The molecule has 18 heavy (non-hydrogen) atoms. The van der Waals surface area contributed by atoms with Crippen LogP contribution in [0.4, 0.5) is 0 Å². The van der Waals surface area contributed by atoms with E-state index in [1.165, 1.54) is 45.6 Å². The fourth-order valence-corrected chi connectivity index (χ4v) is 2.94. The van der Waals surface area contributed by atoms with Crippen molar-refractivity contribution in [3.05, 3.63) is 0 Å². The Labute approximate surface area is 112 Å². The van der Waals surface area contributed by atoms with Gasteiger partial charge in [-0.25, -0.2) is 0 Å². The summed E-state index contributed by atoms with van der Waals surface area (Å²) in [7, 11) is 3.61. The smallest absolute Gasteiger partial charge is 0.323 e. The van der Waals surface area contributed by atoms with Gasteiger partial charge < -0.3 is 4.74 Å². The van der Waals surface area contributed by atoms with Gasteiger partial charge in [-0.3, -0.25) is 9.69 Å². The van der Waals surface area contributed by atoms with E-state index in [0.29, 0.717) is 6.04 Å². The molecule has 1 unspecified atom stereocenters. The maximum atomic E-state index is 11.9. The van der Waals surface area contributed by atoms with Gasteiger partial charge in [0.1, 0.15) is 6.04 Å². The van der Waals surface area contributed by atoms with E-state index < -0.39 is 0 Å². The van der Waals surface area contributed by atoms with Crippen molar-refractivity contribution >= 4 is 5.97 Å². The van der Waals surface area contributed by atoms with Crippen molar-refractivity contribution in [1.29, 1.82) is 0 Å². The van der Waals surface area contributed by atoms with Crippen LogP contribution in [0.3, 0.4) is 0 Å². The molecular weight excluding hydrogens is 226 g/mol. The molecule has 0 radical (unpaired) electrons. The van der Waals surface area contributed by atoms with Crippen LogP contribution >= 0.6 is 0 Å². The minimum atomic E-state index is -0.0600. The zero-order valence-corrected chi connectivity index (χ0v) is 12.3. The molecule has 0 aromatic carbocycles. The predicted molar refractivity (Wildman–Crippen MR) is 74.6 cm³/mol. The number of hydrogen-bond acceptors (Lipinski definition) is 3. The Kier molecular flexibility index (Phi) is 7.33. The molecule has 0 aromatic rings. The second-order valence-electron chi connectivity index (χ2n) is 5.49. The summed E-state index contributed by atoms with van der Waals surface area (Å²) in [5, 5.41) is 0. The lowest BCUT2D eigenvalue weighted by molar-refractivity contribution is -0.147. The first-order chi connectivity index (χ1) is 8.70. The molecule has 1 aliphatic carbocycles. The number of ether oxygens (including phenoxy) is 1. The Morgan fingerprint density at radius 2 is 1.89 bits per heavy atom. The zero-order valence-electron chi connectivity index (χ0n) is 12.3. The van der Waals surface area contributed by atoms with Crippen molar-refractivity contribution in [3.8, 4) is 0 Å². The van der Waals surface area contributed by atoms with Gasteiger partial charge in [0.15, 0.2) is 0 Å². The van der Waals surface area contributed by atoms with Gasteiger partial charge in [0.05, 0.1) is 7.11 Å². The average Bonchev–Trinajstić information content (AvgIpc) is 2.67. The first kappa shape index (κ1) is 15.5. The summed E-state index contributed by atoms with van der Waals surface area (Å²) in [6.07, 6.45) is 10.9. The maximum absolute atomic E-state index is 11.9. The highest BCUT2D eigenvalue weighted by Crippen LogP contribution is 2.24. The Hall–Kier alpha value is -0.570. The lowest BCUT2D eigenvalue weighted by Crippen LogP contribution is -2.45. The van der Waals surface area contributed by atoms with Gasteiger partial charge in [-0.15, -0.1) is 0 Å². The van der Waals surface area contributed by atoms with Crippen molar-refractivity contribution in [2.24, 2.45) is 0 Å². The second-order valence-corrected chi connectivity index (χ2v) is 5.49. The van der Waals surface area contributed by atoms with E-state index >= 15 is 0 Å². The van der Waals surface area contributed by atoms with Crippen LogP contribution in [0.1, 0.15) is 64.7 Å². The van der Waals surface area contributed by atoms with Crippen molar-refractivity contribution in [2.45, 2.75) is 76.8 Å². The molecule has 0 heterocycles. The van der Waals surface area contributed by atoms with Gasteiger partial charge in [0, 0.05) is 6.04 Å². The van der Waals surface area contributed by atoms with Crippen molar-refractivity contribution in [1.82, 2.24) is 4.90 Å². The van der Waals surface area contributed by atoms with Crippen LogP contribution in [0.5, 0.6) is 0 Å². The van der Waals surface area contributed by atoms with Crippen LogP contribution in [0, 0.1) is 0 Å². The first-order valence-corrected chi connectivity index (χ1v) is 7.50. The van der Waals surface area contributed by atoms with E-state index in [9.17, 15) is 4.79 Å². The highest BCUT2D eigenvalue weighted by molar-refractivity contribution is 5.75. The Morgan fingerprint density at radius 1 is 1.28 bits per heavy atom. The van der Waals surface area contributed by atoms with Crippen molar-refractivity contribution in [2.75, 3.05) is 14.2 Å². The largest absolute Gasteiger partial charge is 0.468 e. The Balaban J connectivity index is 2.60. The van der Waals surface area contributed by atoms with Gasteiger partial charge in [-0.05, 0) is 26.3 Å². The molecule has 1 fully saturated rings. The number of unbranched alkanes of at least 4 members (excludes halogenated alkanes) is 1. The SMILES string of the molecule is CCCCC(C(=O)OC)N(C)C1CCCCCC1. The van der Waals surface area contributed by atoms with Crippen LogP contribution in [0.25, 0.3) is 0 Å². The molecule has 0 N–H and O–H groups in total. The van der Waals surface area contributed by atoms with E-state index in [2.05, 4.69) is 18.9 Å². The number of carbonyl (C=O) groups is 1. The predicted octanol–water partition coefficient (Wildman–Crippen LogP) is 3.37. The third-order valence-corrected chi connectivity index (χ3v) is 4.20. The number of likely N-dealkylation sites (N-methyl/N-ethyl adjacent to an activating group) is 1. The molecule has 0 aliphatic heterocycles. The highest BCUT2D eigenvalue weighted by Gasteiger charge is 2.29. The molecule has 1 saturated carbocycles. The molecule has 106 valence electrons. The molecule has 3 heteroatoms. The zero-order chi connectivity index (χ0) is 13.4. The lowest BCUT2D eigenvalue weighted by atomic mass is 10.0. The molecule has 1 atom stereocenters. The van der Waals surface area contributed by atoms with Gasteiger partial charge in [0.25, 0.3) is 0 Å². The van der Waals surface area contributed by atoms with E-state index in [1.807, 2.05) is 0 Å². The lowest BCUT2D eigenvalue weighted by Gasteiger charge is -2.33.